The largest absolute Gasteiger partial charge is 0.508 e. The van der Waals surface area contributed by atoms with Gasteiger partial charge in [0.05, 0.1) is 0 Å². The fraction of sp³-hybridized carbons (Fsp3) is 0.182. The van der Waals surface area contributed by atoms with Gasteiger partial charge in [-0.1, -0.05) is 36.4 Å². The lowest BCUT2D eigenvalue weighted by atomic mass is 9.84. The van der Waals surface area contributed by atoms with Crippen LogP contribution in [0.25, 0.3) is 0 Å². The van der Waals surface area contributed by atoms with Crippen LogP contribution in [0, 0.1) is 13.8 Å². The van der Waals surface area contributed by atoms with Gasteiger partial charge in [0.2, 0.25) is 0 Å². The Hall–Kier alpha value is -2.39. The van der Waals surface area contributed by atoms with E-state index in [1.807, 2.05) is 38.1 Å². The summed E-state index contributed by atoms with van der Waals surface area (Å²) in [5.74, 6) is 0.666. The minimum atomic E-state index is 0.0505. The molecule has 25 heavy (non-hydrogen) atoms. The van der Waals surface area contributed by atoms with Gasteiger partial charge in [-0.25, -0.2) is 0 Å². The summed E-state index contributed by atoms with van der Waals surface area (Å²) in [5.41, 5.74) is 5.15. The van der Waals surface area contributed by atoms with E-state index in [9.17, 15) is 10.2 Å². The number of aromatic hydroxyl groups is 2. The number of phenols is 2. The Morgan fingerprint density at radius 2 is 1.12 bits per heavy atom. The standard InChI is InChI=1S/C22H22O2S/c1-14-12-17(6-10-20(14)23)22(16-4-8-19(25-3)9-5-16)18-7-11-21(24)15(2)13-18/h4-13,22-24H,1-3H3. The summed E-state index contributed by atoms with van der Waals surface area (Å²) >= 11 is 1.72. The molecule has 0 amide bonds. The minimum absolute atomic E-state index is 0.0505. The normalized spacial score (nSPS) is 11.0. The third kappa shape index (κ3) is 3.67. The van der Waals surface area contributed by atoms with Gasteiger partial charge in [0.1, 0.15) is 11.5 Å². The maximum Gasteiger partial charge on any atom is 0.118 e. The highest BCUT2D eigenvalue weighted by Crippen LogP contribution is 2.36. The molecule has 0 saturated carbocycles. The van der Waals surface area contributed by atoms with Crippen molar-refractivity contribution in [2.24, 2.45) is 0 Å². The zero-order chi connectivity index (χ0) is 18.0. The molecular weight excluding hydrogens is 328 g/mol. The number of hydrogen-bond donors (Lipinski definition) is 2. The van der Waals surface area contributed by atoms with Crippen molar-refractivity contribution in [3.63, 3.8) is 0 Å². The van der Waals surface area contributed by atoms with E-state index in [2.05, 4.69) is 30.5 Å². The third-order valence-electron chi connectivity index (χ3n) is 4.56. The summed E-state index contributed by atoms with van der Waals surface area (Å²) in [6.45, 7) is 3.82. The average molecular weight is 350 g/mol. The highest BCUT2D eigenvalue weighted by molar-refractivity contribution is 7.98. The molecule has 3 heteroatoms. The van der Waals surface area contributed by atoms with Crippen LogP contribution in [0.5, 0.6) is 11.5 Å². The van der Waals surface area contributed by atoms with Crippen molar-refractivity contribution in [2.75, 3.05) is 6.26 Å². The van der Waals surface area contributed by atoms with E-state index >= 15 is 0 Å². The van der Waals surface area contributed by atoms with Gasteiger partial charge in [-0.15, -0.1) is 11.8 Å². The second-order valence-electron chi connectivity index (χ2n) is 6.30. The quantitative estimate of drug-likeness (QED) is 0.474. The molecule has 2 N–H and O–H groups in total. The van der Waals surface area contributed by atoms with Crippen molar-refractivity contribution >= 4 is 11.8 Å². The molecule has 0 saturated heterocycles. The van der Waals surface area contributed by atoms with Crippen molar-refractivity contribution in [1.82, 2.24) is 0 Å². The first-order chi connectivity index (χ1) is 12.0. The van der Waals surface area contributed by atoms with E-state index in [-0.39, 0.29) is 5.92 Å². The Balaban J connectivity index is 2.15. The van der Waals surface area contributed by atoms with Crippen LogP contribution in [0.15, 0.2) is 65.6 Å². The Bertz CT molecular complexity index is 834. The van der Waals surface area contributed by atoms with Crippen LogP contribution in [-0.2, 0) is 0 Å². The van der Waals surface area contributed by atoms with Gasteiger partial charge in [-0.3, -0.25) is 0 Å². The molecule has 0 aliphatic heterocycles. The molecule has 0 aliphatic carbocycles. The molecule has 0 aromatic heterocycles. The molecule has 0 atom stereocenters. The van der Waals surface area contributed by atoms with Gasteiger partial charge in [0.15, 0.2) is 0 Å². The third-order valence-corrected chi connectivity index (χ3v) is 5.30. The fourth-order valence-electron chi connectivity index (χ4n) is 3.09. The van der Waals surface area contributed by atoms with E-state index in [0.717, 1.165) is 22.3 Å². The van der Waals surface area contributed by atoms with E-state index in [4.69, 9.17) is 0 Å². The topological polar surface area (TPSA) is 40.5 Å². The molecule has 2 nitrogen and oxygen atoms in total. The van der Waals surface area contributed by atoms with Gasteiger partial charge in [-0.2, -0.15) is 0 Å². The van der Waals surface area contributed by atoms with Crippen molar-refractivity contribution in [1.29, 1.82) is 0 Å². The summed E-state index contributed by atoms with van der Waals surface area (Å²) in [6, 6.07) is 20.1. The first kappa shape index (κ1) is 17.4. The highest BCUT2D eigenvalue weighted by atomic mass is 32.2. The molecule has 0 fully saturated rings. The zero-order valence-corrected chi connectivity index (χ0v) is 15.5. The first-order valence-corrected chi connectivity index (χ1v) is 9.45. The maximum atomic E-state index is 9.88. The van der Waals surface area contributed by atoms with Crippen molar-refractivity contribution in [2.45, 2.75) is 24.7 Å². The van der Waals surface area contributed by atoms with Crippen LogP contribution in [0.2, 0.25) is 0 Å². The SMILES string of the molecule is CSc1ccc(C(c2ccc(O)c(C)c2)c2ccc(O)c(C)c2)cc1. The summed E-state index contributed by atoms with van der Waals surface area (Å²) in [7, 11) is 0. The van der Waals surface area contributed by atoms with Crippen LogP contribution in [-0.4, -0.2) is 16.5 Å². The van der Waals surface area contributed by atoms with Crippen LogP contribution in [0.3, 0.4) is 0 Å². The monoisotopic (exact) mass is 350 g/mol. The number of thioether (sulfide) groups is 1. The first-order valence-electron chi connectivity index (χ1n) is 8.22. The number of rotatable bonds is 4. The van der Waals surface area contributed by atoms with Gasteiger partial charge >= 0.3 is 0 Å². The summed E-state index contributed by atoms with van der Waals surface area (Å²) in [5, 5.41) is 19.8. The maximum absolute atomic E-state index is 9.88. The van der Waals surface area contributed by atoms with Crippen LogP contribution in [0.1, 0.15) is 33.7 Å². The van der Waals surface area contributed by atoms with E-state index in [1.165, 1.54) is 10.5 Å². The number of phenolic OH excluding ortho intramolecular Hbond substituents is 2. The predicted molar refractivity (Wildman–Crippen MR) is 105 cm³/mol. The average Bonchev–Trinajstić information content (AvgIpc) is 2.62. The molecule has 0 spiro atoms. The molecule has 3 aromatic rings. The van der Waals surface area contributed by atoms with Gasteiger partial charge < -0.3 is 10.2 Å². The van der Waals surface area contributed by atoms with Gasteiger partial charge in [0.25, 0.3) is 0 Å². The van der Waals surface area contributed by atoms with Gasteiger partial charge in [-0.05, 0) is 72.2 Å². The van der Waals surface area contributed by atoms with E-state index in [0.29, 0.717) is 11.5 Å². The number of hydrogen-bond acceptors (Lipinski definition) is 3. The predicted octanol–water partition coefficient (Wildman–Crippen LogP) is 5.62. The highest BCUT2D eigenvalue weighted by Gasteiger charge is 2.18. The summed E-state index contributed by atoms with van der Waals surface area (Å²) in [6.07, 6.45) is 2.07. The second-order valence-corrected chi connectivity index (χ2v) is 7.18. The number of aryl methyl sites for hydroxylation is 2. The molecule has 128 valence electrons. The van der Waals surface area contributed by atoms with Gasteiger partial charge in [0, 0.05) is 10.8 Å². The molecule has 3 aromatic carbocycles. The van der Waals surface area contributed by atoms with Crippen LogP contribution >= 0.6 is 11.8 Å². The Morgan fingerprint density at radius 1 is 0.680 bits per heavy atom. The minimum Gasteiger partial charge on any atom is -0.508 e. The van der Waals surface area contributed by atoms with E-state index in [1.54, 1.807) is 23.9 Å². The van der Waals surface area contributed by atoms with Crippen molar-refractivity contribution in [3.05, 3.63) is 88.5 Å². The van der Waals surface area contributed by atoms with Crippen molar-refractivity contribution < 1.29 is 10.2 Å². The summed E-state index contributed by atoms with van der Waals surface area (Å²) in [4.78, 5) is 1.23. The van der Waals surface area contributed by atoms with E-state index < -0.39 is 0 Å². The lowest BCUT2D eigenvalue weighted by Crippen LogP contribution is -2.04. The molecule has 3 rings (SSSR count). The number of benzene rings is 3. The Morgan fingerprint density at radius 3 is 1.52 bits per heavy atom. The van der Waals surface area contributed by atoms with Crippen molar-refractivity contribution in [3.8, 4) is 11.5 Å². The lowest BCUT2D eigenvalue weighted by molar-refractivity contribution is 0.470. The summed E-state index contributed by atoms with van der Waals surface area (Å²) < 4.78 is 0. The molecule has 0 bridgehead atoms. The zero-order valence-electron chi connectivity index (χ0n) is 14.7. The van der Waals surface area contributed by atoms with Crippen LogP contribution in [0.4, 0.5) is 0 Å². The fourth-order valence-corrected chi connectivity index (χ4v) is 3.50. The lowest BCUT2D eigenvalue weighted by Gasteiger charge is -2.21. The molecule has 0 unspecified atom stereocenters. The molecule has 0 heterocycles. The smallest absolute Gasteiger partial charge is 0.118 e. The Kier molecular flexibility index (Phi) is 5.05. The molecule has 0 aliphatic rings. The van der Waals surface area contributed by atoms with Crippen LogP contribution < -0.4 is 0 Å². The second kappa shape index (κ2) is 7.24. The molecule has 0 radical (unpaired) electrons. The molecular formula is C22H22O2S. The Labute approximate surface area is 153 Å².